The van der Waals surface area contributed by atoms with Gasteiger partial charge in [-0.2, -0.15) is 5.90 Å². The van der Waals surface area contributed by atoms with Gasteiger partial charge in [-0.25, -0.2) is 4.79 Å². The SMILES string of the molecule is N=C(c1ccccc1S)N1CCN(C(=O)ON)CC1. The fourth-order valence-corrected chi connectivity index (χ4v) is 2.30. The Hall–Kier alpha value is -1.73. The Kier molecular flexibility index (Phi) is 4.28. The molecular formula is C12H16N4O2S. The Balaban J connectivity index is 2.00. The van der Waals surface area contributed by atoms with E-state index < -0.39 is 6.09 Å². The molecule has 0 radical (unpaired) electrons. The van der Waals surface area contributed by atoms with Crippen LogP contribution in [0.2, 0.25) is 0 Å². The topological polar surface area (TPSA) is 82.7 Å². The number of thiol groups is 1. The molecule has 0 aliphatic carbocycles. The number of hydrogen-bond acceptors (Lipinski definition) is 5. The molecule has 102 valence electrons. The van der Waals surface area contributed by atoms with Crippen LogP contribution in [-0.4, -0.2) is 47.9 Å². The van der Waals surface area contributed by atoms with Crippen LogP contribution in [0, 0.1) is 5.41 Å². The van der Waals surface area contributed by atoms with Gasteiger partial charge in [0, 0.05) is 36.6 Å². The van der Waals surface area contributed by atoms with Gasteiger partial charge in [0.15, 0.2) is 0 Å². The van der Waals surface area contributed by atoms with Gasteiger partial charge in [-0.1, -0.05) is 18.2 Å². The van der Waals surface area contributed by atoms with Crippen molar-refractivity contribution < 1.29 is 9.63 Å². The number of amides is 1. The molecule has 1 aromatic carbocycles. The number of benzene rings is 1. The zero-order chi connectivity index (χ0) is 13.8. The minimum Gasteiger partial charge on any atom is -0.357 e. The van der Waals surface area contributed by atoms with Gasteiger partial charge < -0.3 is 14.6 Å². The number of hydrogen-bond donors (Lipinski definition) is 3. The van der Waals surface area contributed by atoms with E-state index in [1.54, 1.807) is 0 Å². The molecule has 1 heterocycles. The van der Waals surface area contributed by atoms with Crippen LogP contribution in [0.25, 0.3) is 0 Å². The van der Waals surface area contributed by atoms with Crippen molar-refractivity contribution in [3.8, 4) is 0 Å². The summed E-state index contributed by atoms with van der Waals surface area (Å²) >= 11 is 4.35. The predicted molar refractivity (Wildman–Crippen MR) is 74.3 cm³/mol. The largest absolute Gasteiger partial charge is 0.428 e. The highest BCUT2D eigenvalue weighted by Crippen LogP contribution is 2.16. The first kappa shape index (κ1) is 13.7. The number of nitrogens with zero attached hydrogens (tertiary/aromatic N) is 2. The van der Waals surface area contributed by atoms with Gasteiger partial charge >= 0.3 is 6.09 Å². The monoisotopic (exact) mass is 280 g/mol. The third-order valence-corrected chi connectivity index (χ3v) is 3.50. The zero-order valence-electron chi connectivity index (χ0n) is 10.4. The van der Waals surface area contributed by atoms with E-state index in [-0.39, 0.29) is 0 Å². The van der Waals surface area contributed by atoms with Crippen molar-refractivity contribution in [2.24, 2.45) is 5.90 Å². The summed E-state index contributed by atoms with van der Waals surface area (Å²) in [6.45, 7) is 2.15. The van der Waals surface area contributed by atoms with Crippen LogP contribution in [0.3, 0.4) is 0 Å². The predicted octanol–water partition coefficient (Wildman–Crippen LogP) is 0.929. The number of amidine groups is 1. The smallest absolute Gasteiger partial charge is 0.357 e. The second-order valence-corrected chi connectivity index (χ2v) is 4.71. The lowest BCUT2D eigenvalue weighted by Gasteiger charge is -2.35. The molecule has 1 fully saturated rings. The lowest BCUT2D eigenvalue weighted by Crippen LogP contribution is -2.51. The number of rotatable bonds is 1. The van der Waals surface area contributed by atoms with Gasteiger partial charge in [-0.3, -0.25) is 5.41 Å². The second-order valence-electron chi connectivity index (χ2n) is 4.22. The molecule has 0 saturated carbocycles. The highest BCUT2D eigenvalue weighted by Gasteiger charge is 2.24. The fraction of sp³-hybridized carbons (Fsp3) is 0.333. The molecule has 3 N–H and O–H groups in total. The number of nitrogens with one attached hydrogen (secondary N) is 1. The molecule has 19 heavy (non-hydrogen) atoms. The van der Waals surface area contributed by atoms with E-state index in [9.17, 15) is 4.79 Å². The lowest BCUT2D eigenvalue weighted by atomic mass is 10.1. The summed E-state index contributed by atoms with van der Waals surface area (Å²) in [4.78, 5) is 19.7. The number of carbonyl (C=O) groups is 1. The van der Waals surface area contributed by atoms with Crippen molar-refractivity contribution in [1.82, 2.24) is 9.80 Å². The van der Waals surface area contributed by atoms with Crippen LogP contribution in [0.15, 0.2) is 29.2 Å². The lowest BCUT2D eigenvalue weighted by molar-refractivity contribution is 0.0882. The third kappa shape index (κ3) is 2.99. The van der Waals surface area contributed by atoms with Crippen LogP contribution >= 0.6 is 12.6 Å². The molecule has 0 bridgehead atoms. The fourth-order valence-electron chi connectivity index (χ4n) is 2.03. The number of piperazine rings is 1. The first-order chi connectivity index (χ1) is 9.13. The standard InChI is InChI=1S/C12H16N4O2S/c13-11(9-3-1-2-4-10(9)19)15-5-7-16(8-6-15)12(17)18-14/h1-4,13,19H,5-8,14H2. The first-order valence-corrected chi connectivity index (χ1v) is 6.35. The molecule has 0 aromatic heterocycles. The molecule has 0 atom stereocenters. The molecule has 1 aliphatic heterocycles. The third-order valence-electron chi connectivity index (χ3n) is 3.11. The van der Waals surface area contributed by atoms with Crippen LogP contribution in [0.5, 0.6) is 0 Å². The van der Waals surface area contributed by atoms with Crippen molar-refractivity contribution >= 4 is 24.6 Å². The van der Waals surface area contributed by atoms with E-state index in [1.807, 2.05) is 29.2 Å². The minimum atomic E-state index is -0.527. The van der Waals surface area contributed by atoms with E-state index >= 15 is 0 Å². The van der Waals surface area contributed by atoms with Crippen molar-refractivity contribution in [1.29, 1.82) is 5.41 Å². The van der Waals surface area contributed by atoms with Crippen molar-refractivity contribution in [3.05, 3.63) is 29.8 Å². The second kappa shape index (κ2) is 5.94. The van der Waals surface area contributed by atoms with Crippen molar-refractivity contribution in [2.45, 2.75) is 4.90 Å². The van der Waals surface area contributed by atoms with Crippen molar-refractivity contribution in [2.75, 3.05) is 26.2 Å². The summed E-state index contributed by atoms with van der Waals surface area (Å²) in [5, 5.41) is 8.20. The molecule has 1 amide bonds. The number of carbonyl (C=O) groups excluding carboxylic acids is 1. The Morgan fingerprint density at radius 1 is 1.21 bits per heavy atom. The summed E-state index contributed by atoms with van der Waals surface area (Å²) in [5.41, 5.74) is 0.792. The Morgan fingerprint density at radius 2 is 1.79 bits per heavy atom. The molecule has 0 spiro atoms. The highest BCUT2D eigenvalue weighted by atomic mass is 32.1. The summed E-state index contributed by atoms with van der Waals surface area (Å²) in [7, 11) is 0. The molecule has 1 aromatic rings. The summed E-state index contributed by atoms with van der Waals surface area (Å²) in [6.07, 6.45) is -0.527. The molecule has 0 unspecified atom stereocenters. The highest BCUT2D eigenvalue weighted by molar-refractivity contribution is 7.80. The maximum atomic E-state index is 11.3. The minimum absolute atomic E-state index is 0.423. The molecular weight excluding hydrogens is 264 g/mol. The first-order valence-electron chi connectivity index (χ1n) is 5.91. The Morgan fingerprint density at radius 3 is 2.37 bits per heavy atom. The van der Waals surface area contributed by atoms with Gasteiger partial charge in [0.25, 0.3) is 0 Å². The van der Waals surface area contributed by atoms with E-state index in [1.165, 1.54) is 4.90 Å². The van der Waals surface area contributed by atoms with E-state index in [2.05, 4.69) is 17.5 Å². The zero-order valence-corrected chi connectivity index (χ0v) is 11.3. The average Bonchev–Trinajstić information content (AvgIpc) is 2.46. The molecule has 6 nitrogen and oxygen atoms in total. The average molecular weight is 280 g/mol. The molecule has 2 rings (SSSR count). The summed E-state index contributed by atoms with van der Waals surface area (Å²) in [6, 6.07) is 7.49. The van der Waals surface area contributed by atoms with Gasteiger partial charge in [-0.15, -0.1) is 12.6 Å². The quantitative estimate of drug-likeness (QED) is 0.309. The van der Waals surface area contributed by atoms with Crippen molar-refractivity contribution in [3.63, 3.8) is 0 Å². The van der Waals surface area contributed by atoms with Gasteiger partial charge in [0.2, 0.25) is 0 Å². The molecule has 1 saturated heterocycles. The molecule has 1 aliphatic rings. The van der Waals surface area contributed by atoms with Crippen LogP contribution in [0.4, 0.5) is 4.79 Å². The van der Waals surface area contributed by atoms with Gasteiger partial charge in [0.1, 0.15) is 5.84 Å². The molecule has 7 heteroatoms. The van der Waals surface area contributed by atoms with Gasteiger partial charge in [0.05, 0.1) is 0 Å². The van der Waals surface area contributed by atoms with E-state index in [0.717, 1.165) is 10.5 Å². The maximum Gasteiger partial charge on any atom is 0.428 e. The Bertz CT molecular complexity index is 486. The Labute approximate surface area is 117 Å². The number of nitrogens with two attached hydrogens (primary N) is 1. The maximum absolute atomic E-state index is 11.3. The van der Waals surface area contributed by atoms with E-state index in [0.29, 0.717) is 32.0 Å². The summed E-state index contributed by atoms with van der Waals surface area (Å²) < 4.78 is 0. The van der Waals surface area contributed by atoms with Crippen LogP contribution in [0.1, 0.15) is 5.56 Å². The van der Waals surface area contributed by atoms with Crippen LogP contribution < -0.4 is 5.90 Å². The van der Waals surface area contributed by atoms with Crippen LogP contribution in [-0.2, 0) is 4.84 Å². The van der Waals surface area contributed by atoms with Gasteiger partial charge in [-0.05, 0) is 6.07 Å². The van der Waals surface area contributed by atoms with E-state index in [4.69, 9.17) is 11.3 Å². The normalized spacial score (nSPS) is 15.3. The summed E-state index contributed by atoms with van der Waals surface area (Å²) in [5.74, 6) is 5.27.